The Morgan fingerprint density at radius 3 is 1.69 bits per heavy atom. The molecule has 0 bridgehead atoms. The topological polar surface area (TPSA) is 0 Å². The molecule has 0 nitrogen and oxygen atoms in total. The van der Waals surface area contributed by atoms with E-state index >= 15 is 0 Å². The van der Waals surface area contributed by atoms with Crippen molar-refractivity contribution >= 4 is 0 Å². The lowest BCUT2D eigenvalue weighted by Crippen LogP contribution is -2.19. The van der Waals surface area contributed by atoms with Crippen LogP contribution in [0, 0.1) is 17.8 Å². The van der Waals surface area contributed by atoms with Crippen molar-refractivity contribution in [3.63, 3.8) is 0 Å². The Labute approximate surface area is 105 Å². The second-order valence-electron chi connectivity index (χ2n) is 5.01. The first-order chi connectivity index (χ1) is 7.67. The largest absolute Gasteiger partial charge is 0.0683 e. The molecule has 16 heavy (non-hydrogen) atoms. The third-order valence-corrected chi connectivity index (χ3v) is 3.54. The average Bonchev–Trinajstić information content (AvgIpc) is 2.30. The van der Waals surface area contributed by atoms with Gasteiger partial charge in [0, 0.05) is 0 Å². The SMILES string of the molecule is CC.CCCCC(C(C)C)C(CC)CCC. The number of hydrogen-bond acceptors (Lipinski definition) is 0. The fraction of sp³-hybridized carbons (Fsp3) is 1.00. The first-order valence-corrected chi connectivity index (χ1v) is 7.67. The van der Waals surface area contributed by atoms with Crippen LogP contribution in [0.1, 0.15) is 87.0 Å². The first-order valence-electron chi connectivity index (χ1n) is 7.67. The van der Waals surface area contributed by atoms with Gasteiger partial charge in [0.15, 0.2) is 0 Å². The molecular formula is C16H36. The molecule has 0 heterocycles. The summed E-state index contributed by atoms with van der Waals surface area (Å²) in [6.45, 7) is 15.8. The Morgan fingerprint density at radius 2 is 1.38 bits per heavy atom. The summed E-state index contributed by atoms with van der Waals surface area (Å²) in [5.74, 6) is 2.82. The summed E-state index contributed by atoms with van der Waals surface area (Å²) in [7, 11) is 0. The van der Waals surface area contributed by atoms with Crippen LogP contribution in [0.15, 0.2) is 0 Å². The molecule has 0 aliphatic carbocycles. The van der Waals surface area contributed by atoms with Gasteiger partial charge in [-0.2, -0.15) is 0 Å². The lowest BCUT2D eigenvalue weighted by atomic mass is 9.76. The molecule has 0 saturated heterocycles. The lowest BCUT2D eigenvalue weighted by Gasteiger charge is -2.29. The summed E-state index contributed by atoms with van der Waals surface area (Å²) in [4.78, 5) is 0. The minimum Gasteiger partial charge on any atom is -0.0683 e. The maximum Gasteiger partial charge on any atom is -0.0363 e. The van der Waals surface area contributed by atoms with Crippen molar-refractivity contribution in [2.24, 2.45) is 17.8 Å². The van der Waals surface area contributed by atoms with Crippen LogP contribution in [0.2, 0.25) is 0 Å². The number of unbranched alkanes of at least 4 members (excludes halogenated alkanes) is 1. The maximum atomic E-state index is 2.40. The van der Waals surface area contributed by atoms with E-state index in [1.807, 2.05) is 13.8 Å². The zero-order valence-corrected chi connectivity index (χ0v) is 13.0. The molecular weight excluding hydrogens is 192 g/mol. The molecule has 0 fully saturated rings. The Bertz CT molecular complexity index is 115. The van der Waals surface area contributed by atoms with Crippen molar-refractivity contribution in [2.45, 2.75) is 87.0 Å². The molecule has 0 saturated carbocycles. The molecule has 0 aromatic heterocycles. The Morgan fingerprint density at radius 1 is 0.812 bits per heavy atom. The molecule has 2 unspecified atom stereocenters. The van der Waals surface area contributed by atoms with Gasteiger partial charge >= 0.3 is 0 Å². The summed E-state index contributed by atoms with van der Waals surface area (Å²) >= 11 is 0. The summed E-state index contributed by atoms with van der Waals surface area (Å²) in [6, 6.07) is 0. The van der Waals surface area contributed by atoms with Crippen LogP contribution < -0.4 is 0 Å². The summed E-state index contributed by atoms with van der Waals surface area (Å²) in [5, 5.41) is 0. The minimum absolute atomic E-state index is 0.873. The summed E-state index contributed by atoms with van der Waals surface area (Å²) in [6.07, 6.45) is 8.39. The van der Waals surface area contributed by atoms with Crippen molar-refractivity contribution in [3.8, 4) is 0 Å². The van der Waals surface area contributed by atoms with Gasteiger partial charge in [0.05, 0.1) is 0 Å². The Hall–Kier alpha value is 0. The second kappa shape index (κ2) is 13.1. The van der Waals surface area contributed by atoms with Gasteiger partial charge in [0.25, 0.3) is 0 Å². The molecule has 0 amide bonds. The highest BCUT2D eigenvalue weighted by molar-refractivity contribution is 4.72. The predicted octanol–water partition coefficient (Wildman–Crippen LogP) is 6.30. The van der Waals surface area contributed by atoms with Crippen molar-refractivity contribution < 1.29 is 0 Å². The summed E-state index contributed by atoms with van der Waals surface area (Å²) < 4.78 is 0. The van der Waals surface area contributed by atoms with Gasteiger partial charge in [0.1, 0.15) is 0 Å². The fourth-order valence-corrected chi connectivity index (χ4v) is 2.64. The minimum atomic E-state index is 0.873. The van der Waals surface area contributed by atoms with Gasteiger partial charge < -0.3 is 0 Å². The summed E-state index contributed by atoms with van der Waals surface area (Å²) in [5.41, 5.74) is 0. The van der Waals surface area contributed by atoms with Crippen LogP contribution in [0.4, 0.5) is 0 Å². The Balaban J connectivity index is 0. The van der Waals surface area contributed by atoms with Gasteiger partial charge in [-0.1, -0.05) is 80.6 Å². The van der Waals surface area contributed by atoms with Gasteiger partial charge in [-0.15, -0.1) is 0 Å². The Kier molecular flexibility index (Phi) is 15.0. The van der Waals surface area contributed by atoms with Gasteiger partial charge in [-0.05, 0) is 24.2 Å². The van der Waals surface area contributed by atoms with Crippen molar-refractivity contribution in [1.82, 2.24) is 0 Å². The maximum absolute atomic E-state index is 2.40. The standard InChI is InChI=1S/C14H30.C2H6/c1-6-9-11-14(12(4)5)13(8-3)10-7-2;1-2/h12-14H,6-11H2,1-5H3;1-2H3. The smallest absolute Gasteiger partial charge is 0.0363 e. The number of rotatable bonds is 8. The fourth-order valence-electron chi connectivity index (χ4n) is 2.64. The first kappa shape index (κ1) is 18.4. The zero-order chi connectivity index (χ0) is 13.0. The third kappa shape index (κ3) is 8.19. The van der Waals surface area contributed by atoms with E-state index in [1.165, 1.54) is 38.5 Å². The number of hydrogen-bond donors (Lipinski definition) is 0. The predicted molar refractivity (Wildman–Crippen MR) is 77.9 cm³/mol. The van der Waals surface area contributed by atoms with E-state index in [4.69, 9.17) is 0 Å². The van der Waals surface area contributed by atoms with Crippen molar-refractivity contribution in [1.29, 1.82) is 0 Å². The zero-order valence-electron chi connectivity index (χ0n) is 13.0. The van der Waals surface area contributed by atoms with E-state index in [-0.39, 0.29) is 0 Å². The van der Waals surface area contributed by atoms with E-state index in [0.29, 0.717) is 0 Å². The molecule has 0 spiro atoms. The average molecular weight is 228 g/mol. The van der Waals surface area contributed by atoms with Gasteiger partial charge in [0.2, 0.25) is 0 Å². The van der Waals surface area contributed by atoms with E-state index < -0.39 is 0 Å². The van der Waals surface area contributed by atoms with E-state index in [0.717, 1.165) is 17.8 Å². The van der Waals surface area contributed by atoms with Crippen molar-refractivity contribution in [3.05, 3.63) is 0 Å². The molecule has 0 N–H and O–H groups in total. The molecule has 0 aliphatic rings. The molecule has 100 valence electrons. The monoisotopic (exact) mass is 228 g/mol. The normalized spacial score (nSPS) is 14.2. The molecule has 0 heteroatoms. The van der Waals surface area contributed by atoms with Crippen molar-refractivity contribution in [2.75, 3.05) is 0 Å². The third-order valence-electron chi connectivity index (χ3n) is 3.54. The molecule has 0 rings (SSSR count). The highest BCUT2D eigenvalue weighted by Gasteiger charge is 2.21. The molecule has 0 aliphatic heterocycles. The lowest BCUT2D eigenvalue weighted by molar-refractivity contribution is 0.213. The quantitative estimate of drug-likeness (QED) is 0.457. The van der Waals surface area contributed by atoms with Crippen LogP contribution in [-0.4, -0.2) is 0 Å². The van der Waals surface area contributed by atoms with Gasteiger partial charge in [-0.3, -0.25) is 0 Å². The van der Waals surface area contributed by atoms with Gasteiger partial charge in [-0.25, -0.2) is 0 Å². The molecule has 2 atom stereocenters. The molecule has 0 radical (unpaired) electrons. The highest BCUT2D eigenvalue weighted by Crippen LogP contribution is 2.31. The van der Waals surface area contributed by atoms with Crippen LogP contribution in [-0.2, 0) is 0 Å². The highest BCUT2D eigenvalue weighted by atomic mass is 14.3. The van der Waals surface area contributed by atoms with Crippen LogP contribution in [0.3, 0.4) is 0 Å². The molecule has 0 aromatic carbocycles. The van der Waals surface area contributed by atoms with Crippen LogP contribution in [0.5, 0.6) is 0 Å². The van der Waals surface area contributed by atoms with E-state index in [9.17, 15) is 0 Å². The van der Waals surface area contributed by atoms with E-state index in [1.54, 1.807) is 0 Å². The molecule has 0 aromatic rings. The van der Waals surface area contributed by atoms with E-state index in [2.05, 4.69) is 34.6 Å². The van der Waals surface area contributed by atoms with Crippen LogP contribution >= 0.6 is 0 Å². The second-order valence-corrected chi connectivity index (χ2v) is 5.01. The van der Waals surface area contributed by atoms with Crippen LogP contribution in [0.25, 0.3) is 0 Å².